The van der Waals surface area contributed by atoms with Crippen LogP contribution in [-0.2, 0) is 16.6 Å². The number of hydrogen-bond acceptors (Lipinski definition) is 6. The molecule has 1 saturated heterocycles. The van der Waals surface area contributed by atoms with Crippen molar-refractivity contribution >= 4 is 21.4 Å². The topological polar surface area (TPSA) is 87.0 Å². The van der Waals surface area contributed by atoms with Gasteiger partial charge in [-0.05, 0) is 24.6 Å². The number of aryl methyl sites for hydroxylation is 1. The number of nitro benzene ring substituents is 1. The van der Waals surface area contributed by atoms with Gasteiger partial charge in [-0.3, -0.25) is 15.0 Å². The Labute approximate surface area is 184 Å². The summed E-state index contributed by atoms with van der Waals surface area (Å²) in [4.78, 5) is 15.5. The molecule has 0 amide bonds. The first-order valence-electron chi connectivity index (χ1n) is 10.6. The number of hydrogen-bond donors (Lipinski definition) is 0. The summed E-state index contributed by atoms with van der Waals surface area (Å²) in [5.41, 5.74) is 2.79. The Morgan fingerprint density at radius 1 is 1.03 bits per heavy atom. The average Bonchev–Trinajstić information content (AvgIpc) is 2.74. The van der Waals surface area contributed by atoms with Gasteiger partial charge in [0.25, 0.3) is 5.69 Å². The second-order valence-corrected chi connectivity index (χ2v) is 9.69. The lowest BCUT2D eigenvalue weighted by atomic mass is 10.1. The van der Waals surface area contributed by atoms with E-state index in [0.29, 0.717) is 31.9 Å². The molecule has 2 aromatic carbocycles. The standard InChI is InChI=1S/C22H30N4O4S/c1-4-25(5-2)31(29,30)20-9-10-21(22(16-20)26(27)28)24-13-11-23(12-14-24)17-19-8-6-7-18(3)15-19/h6-10,15-16H,4-5,11-14,17H2,1-3H3. The third-order valence-corrected chi connectivity index (χ3v) is 7.73. The summed E-state index contributed by atoms with van der Waals surface area (Å²) < 4.78 is 26.9. The first-order valence-corrected chi connectivity index (χ1v) is 12.0. The Hall–Kier alpha value is -2.49. The molecule has 1 heterocycles. The number of anilines is 1. The lowest BCUT2D eigenvalue weighted by Gasteiger charge is -2.36. The smallest absolute Gasteiger partial charge is 0.293 e. The molecule has 2 aromatic rings. The molecule has 3 rings (SSSR count). The molecule has 0 bridgehead atoms. The van der Waals surface area contributed by atoms with Crippen molar-refractivity contribution in [3.8, 4) is 0 Å². The van der Waals surface area contributed by atoms with E-state index in [2.05, 4.69) is 36.1 Å². The lowest BCUT2D eigenvalue weighted by molar-refractivity contribution is -0.384. The maximum atomic E-state index is 12.8. The quantitative estimate of drug-likeness (QED) is 0.457. The van der Waals surface area contributed by atoms with Gasteiger partial charge in [0.15, 0.2) is 0 Å². The van der Waals surface area contributed by atoms with Gasteiger partial charge in [-0.2, -0.15) is 4.31 Å². The van der Waals surface area contributed by atoms with Crippen LogP contribution in [0.25, 0.3) is 0 Å². The summed E-state index contributed by atoms with van der Waals surface area (Å²) >= 11 is 0. The van der Waals surface area contributed by atoms with Crippen molar-refractivity contribution in [3.05, 3.63) is 63.7 Å². The van der Waals surface area contributed by atoms with Crippen molar-refractivity contribution < 1.29 is 13.3 Å². The normalized spacial score (nSPS) is 15.4. The molecule has 168 valence electrons. The van der Waals surface area contributed by atoms with Crippen LogP contribution >= 0.6 is 0 Å². The van der Waals surface area contributed by atoms with Crippen LogP contribution in [0.2, 0.25) is 0 Å². The van der Waals surface area contributed by atoms with Crippen molar-refractivity contribution in [2.24, 2.45) is 0 Å². The molecule has 0 saturated carbocycles. The fourth-order valence-corrected chi connectivity index (χ4v) is 5.48. The minimum Gasteiger partial charge on any atom is -0.363 e. The molecule has 1 aliphatic heterocycles. The minimum atomic E-state index is -3.75. The third-order valence-electron chi connectivity index (χ3n) is 5.69. The fraction of sp³-hybridized carbons (Fsp3) is 0.455. The van der Waals surface area contributed by atoms with Gasteiger partial charge in [-0.1, -0.05) is 43.7 Å². The van der Waals surface area contributed by atoms with Crippen LogP contribution in [-0.4, -0.2) is 61.8 Å². The Kier molecular flexibility index (Phi) is 7.30. The van der Waals surface area contributed by atoms with E-state index in [0.717, 1.165) is 19.6 Å². The van der Waals surface area contributed by atoms with E-state index in [9.17, 15) is 18.5 Å². The molecule has 1 aliphatic rings. The van der Waals surface area contributed by atoms with Crippen molar-refractivity contribution in [3.63, 3.8) is 0 Å². The number of benzene rings is 2. The van der Waals surface area contributed by atoms with E-state index in [4.69, 9.17) is 0 Å². The van der Waals surface area contributed by atoms with Gasteiger partial charge in [-0.25, -0.2) is 8.42 Å². The van der Waals surface area contributed by atoms with E-state index >= 15 is 0 Å². The predicted octanol–water partition coefficient (Wildman–Crippen LogP) is 3.26. The van der Waals surface area contributed by atoms with Gasteiger partial charge in [0.2, 0.25) is 10.0 Å². The van der Waals surface area contributed by atoms with Gasteiger partial charge in [-0.15, -0.1) is 0 Å². The zero-order chi connectivity index (χ0) is 22.6. The zero-order valence-electron chi connectivity index (χ0n) is 18.3. The molecule has 0 radical (unpaired) electrons. The van der Waals surface area contributed by atoms with Crippen molar-refractivity contribution in [1.29, 1.82) is 0 Å². The summed E-state index contributed by atoms with van der Waals surface area (Å²) in [6.45, 7) is 9.91. The van der Waals surface area contributed by atoms with Crippen LogP contribution in [0.3, 0.4) is 0 Å². The van der Waals surface area contributed by atoms with Gasteiger partial charge in [0.05, 0.1) is 9.82 Å². The number of sulfonamides is 1. The summed E-state index contributed by atoms with van der Waals surface area (Å²) in [5, 5.41) is 11.7. The minimum absolute atomic E-state index is 0.0373. The van der Waals surface area contributed by atoms with Crippen molar-refractivity contribution in [1.82, 2.24) is 9.21 Å². The SMILES string of the molecule is CCN(CC)S(=O)(=O)c1ccc(N2CCN(Cc3cccc(C)c3)CC2)c([N+](=O)[O-])c1. The molecule has 0 spiro atoms. The fourth-order valence-electron chi connectivity index (χ4n) is 4.01. The van der Waals surface area contributed by atoms with Crippen LogP contribution in [0.15, 0.2) is 47.4 Å². The average molecular weight is 447 g/mol. The first-order chi connectivity index (χ1) is 14.8. The summed E-state index contributed by atoms with van der Waals surface area (Å²) in [5.74, 6) is 0. The number of piperazine rings is 1. The highest BCUT2D eigenvalue weighted by Crippen LogP contribution is 2.32. The maximum absolute atomic E-state index is 12.8. The molecule has 9 heteroatoms. The highest BCUT2D eigenvalue weighted by molar-refractivity contribution is 7.89. The monoisotopic (exact) mass is 446 g/mol. The summed E-state index contributed by atoms with van der Waals surface area (Å²) in [7, 11) is -3.75. The van der Waals surface area contributed by atoms with E-state index in [1.54, 1.807) is 19.9 Å². The third kappa shape index (κ3) is 5.23. The van der Waals surface area contributed by atoms with Gasteiger partial charge >= 0.3 is 0 Å². The van der Waals surface area contributed by atoms with E-state index in [-0.39, 0.29) is 10.6 Å². The number of nitrogens with zero attached hydrogens (tertiary/aromatic N) is 4. The largest absolute Gasteiger partial charge is 0.363 e. The molecule has 31 heavy (non-hydrogen) atoms. The summed E-state index contributed by atoms with van der Waals surface area (Å²) in [6.07, 6.45) is 0. The molecule has 0 atom stereocenters. The van der Waals surface area contributed by atoms with E-state index in [1.165, 1.54) is 27.6 Å². The molecular formula is C22H30N4O4S. The van der Waals surface area contributed by atoms with Gasteiger partial charge < -0.3 is 4.90 Å². The molecule has 8 nitrogen and oxygen atoms in total. The Morgan fingerprint density at radius 2 is 1.71 bits per heavy atom. The number of nitro groups is 1. The van der Waals surface area contributed by atoms with E-state index < -0.39 is 14.9 Å². The molecule has 0 aliphatic carbocycles. The molecule has 0 N–H and O–H groups in total. The van der Waals surface area contributed by atoms with Crippen LogP contribution in [0.4, 0.5) is 11.4 Å². The summed E-state index contributed by atoms with van der Waals surface area (Å²) in [6, 6.07) is 12.7. The molecule has 0 aromatic heterocycles. The molecule has 0 unspecified atom stereocenters. The molecular weight excluding hydrogens is 416 g/mol. The lowest BCUT2D eigenvalue weighted by Crippen LogP contribution is -2.46. The first kappa shape index (κ1) is 23.2. The van der Waals surface area contributed by atoms with Crippen LogP contribution in [0.1, 0.15) is 25.0 Å². The van der Waals surface area contributed by atoms with Crippen LogP contribution in [0, 0.1) is 17.0 Å². The Balaban J connectivity index is 1.76. The Bertz CT molecular complexity index is 1030. The van der Waals surface area contributed by atoms with Crippen molar-refractivity contribution in [2.75, 3.05) is 44.2 Å². The Morgan fingerprint density at radius 3 is 2.29 bits per heavy atom. The second-order valence-electron chi connectivity index (χ2n) is 7.75. The van der Waals surface area contributed by atoms with Crippen LogP contribution < -0.4 is 4.90 Å². The maximum Gasteiger partial charge on any atom is 0.293 e. The highest BCUT2D eigenvalue weighted by Gasteiger charge is 2.28. The second kappa shape index (κ2) is 9.76. The van der Waals surface area contributed by atoms with Gasteiger partial charge in [0.1, 0.15) is 5.69 Å². The van der Waals surface area contributed by atoms with Crippen molar-refractivity contribution in [2.45, 2.75) is 32.2 Å². The van der Waals surface area contributed by atoms with E-state index in [1.807, 2.05) is 4.90 Å². The van der Waals surface area contributed by atoms with Crippen LogP contribution in [0.5, 0.6) is 0 Å². The zero-order valence-corrected chi connectivity index (χ0v) is 19.1. The highest BCUT2D eigenvalue weighted by atomic mass is 32.2. The number of rotatable bonds is 8. The molecule has 1 fully saturated rings. The predicted molar refractivity (Wildman–Crippen MR) is 122 cm³/mol. The van der Waals surface area contributed by atoms with Gasteiger partial charge in [0, 0.05) is 51.9 Å².